The number of hydrogen-bond acceptors (Lipinski definition) is 4. The molecule has 1 aromatic carbocycles. The van der Waals surface area contributed by atoms with Gasteiger partial charge in [-0.3, -0.25) is 14.2 Å². The Kier molecular flexibility index (Phi) is 5.89. The van der Waals surface area contributed by atoms with Crippen molar-refractivity contribution in [3.63, 3.8) is 0 Å². The summed E-state index contributed by atoms with van der Waals surface area (Å²) < 4.78 is 1.66. The molecule has 142 valence electrons. The molecule has 0 radical (unpaired) electrons. The van der Waals surface area contributed by atoms with Gasteiger partial charge in [0.25, 0.3) is 5.56 Å². The molecule has 0 saturated carbocycles. The highest BCUT2D eigenvalue weighted by Crippen LogP contribution is 2.35. The highest BCUT2D eigenvalue weighted by Gasteiger charge is 2.19. The molecule has 27 heavy (non-hydrogen) atoms. The maximum atomic E-state index is 13.3. The number of amides is 1. The molecular formula is C19H19Cl2N3O2S. The third-order valence-electron chi connectivity index (χ3n) is 4.28. The lowest BCUT2D eigenvalue weighted by atomic mass is 10.1. The standard InChI is InChI=1S/C19H19Cl2N3O2S/c1-10(2)17-23-18-16(19(26)24(17)7-3-4-15(22)25)12(9-27-18)11-5-6-13(20)14(21)8-11/h5-6,8-10H,3-4,7H2,1-2H3,(H2,22,25). The quantitative estimate of drug-likeness (QED) is 0.616. The lowest BCUT2D eigenvalue weighted by Crippen LogP contribution is -2.26. The van der Waals surface area contributed by atoms with Crippen molar-refractivity contribution in [3.8, 4) is 11.1 Å². The number of nitrogens with two attached hydrogens (primary N) is 1. The Morgan fingerprint density at radius 1 is 1.30 bits per heavy atom. The Labute approximate surface area is 170 Å². The normalized spacial score (nSPS) is 11.4. The monoisotopic (exact) mass is 423 g/mol. The van der Waals surface area contributed by atoms with Gasteiger partial charge in [0.2, 0.25) is 5.91 Å². The summed E-state index contributed by atoms with van der Waals surface area (Å²) >= 11 is 13.6. The Morgan fingerprint density at radius 3 is 2.67 bits per heavy atom. The first kappa shape index (κ1) is 19.9. The van der Waals surface area contributed by atoms with Crippen molar-refractivity contribution in [2.45, 2.75) is 39.2 Å². The van der Waals surface area contributed by atoms with E-state index in [2.05, 4.69) is 0 Å². The second-order valence-electron chi connectivity index (χ2n) is 6.61. The smallest absolute Gasteiger partial charge is 0.262 e. The van der Waals surface area contributed by atoms with E-state index in [-0.39, 0.29) is 23.8 Å². The van der Waals surface area contributed by atoms with Crippen LogP contribution in [0.25, 0.3) is 21.3 Å². The van der Waals surface area contributed by atoms with Crippen LogP contribution in [0.4, 0.5) is 0 Å². The van der Waals surface area contributed by atoms with E-state index in [1.54, 1.807) is 16.7 Å². The molecule has 0 saturated heterocycles. The summed E-state index contributed by atoms with van der Waals surface area (Å²) in [4.78, 5) is 29.8. The van der Waals surface area contributed by atoms with Crippen molar-refractivity contribution in [1.29, 1.82) is 0 Å². The first-order chi connectivity index (χ1) is 12.8. The summed E-state index contributed by atoms with van der Waals surface area (Å²) in [5, 5.41) is 3.36. The fourth-order valence-electron chi connectivity index (χ4n) is 2.98. The summed E-state index contributed by atoms with van der Waals surface area (Å²) in [5.74, 6) is 0.404. The number of thiophene rings is 1. The molecule has 0 bridgehead atoms. The molecule has 3 rings (SSSR count). The van der Waals surface area contributed by atoms with Crippen LogP contribution in [0.1, 0.15) is 38.4 Å². The number of hydrogen-bond donors (Lipinski definition) is 1. The molecule has 2 N–H and O–H groups in total. The largest absolute Gasteiger partial charge is 0.370 e. The molecule has 0 spiro atoms. The number of rotatable bonds is 6. The summed E-state index contributed by atoms with van der Waals surface area (Å²) in [7, 11) is 0. The number of aromatic nitrogens is 2. The van der Waals surface area contributed by atoms with Crippen LogP contribution in [-0.4, -0.2) is 15.5 Å². The predicted molar refractivity (Wildman–Crippen MR) is 112 cm³/mol. The van der Waals surface area contributed by atoms with Crippen molar-refractivity contribution in [1.82, 2.24) is 9.55 Å². The van der Waals surface area contributed by atoms with Gasteiger partial charge in [-0.2, -0.15) is 0 Å². The fraction of sp³-hybridized carbons (Fsp3) is 0.316. The number of halogens is 2. The van der Waals surface area contributed by atoms with E-state index in [1.807, 2.05) is 25.3 Å². The van der Waals surface area contributed by atoms with Crippen LogP contribution in [0.5, 0.6) is 0 Å². The van der Waals surface area contributed by atoms with E-state index in [0.717, 1.165) is 11.1 Å². The number of carbonyl (C=O) groups excluding carboxylic acids is 1. The van der Waals surface area contributed by atoms with E-state index < -0.39 is 0 Å². The maximum absolute atomic E-state index is 13.3. The van der Waals surface area contributed by atoms with E-state index in [0.29, 0.717) is 39.1 Å². The number of benzene rings is 1. The zero-order valence-electron chi connectivity index (χ0n) is 15.0. The molecule has 2 heterocycles. The maximum Gasteiger partial charge on any atom is 0.262 e. The van der Waals surface area contributed by atoms with E-state index in [9.17, 15) is 9.59 Å². The molecule has 8 heteroatoms. The minimum Gasteiger partial charge on any atom is -0.370 e. The number of primary amides is 1. The number of fused-ring (bicyclic) bond motifs is 1. The van der Waals surface area contributed by atoms with Crippen LogP contribution in [0.2, 0.25) is 10.0 Å². The van der Waals surface area contributed by atoms with Crippen LogP contribution >= 0.6 is 34.5 Å². The van der Waals surface area contributed by atoms with Gasteiger partial charge in [-0.25, -0.2) is 4.98 Å². The van der Waals surface area contributed by atoms with Crippen molar-refractivity contribution in [3.05, 3.63) is 49.8 Å². The van der Waals surface area contributed by atoms with E-state index in [1.165, 1.54) is 11.3 Å². The van der Waals surface area contributed by atoms with Crippen molar-refractivity contribution in [2.75, 3.05) is 0 Å². The molecule has 1 amide bonds. The first-order valence-corrected chi connectivity index (χ1v) is 10.2. The van der Waals surface area contributed by atoms with Gasteiger partial charge in [-0.15, -0.1) is 11.3 Å². The third kappa shape index (κ3) is 4.03. The van der Waals surface area contributed by atoms with Gasteiger partial charge in [0.15, 0.2) is 0 Å². The van der Waals surface area contributed by atoms with Crippen LogP contribution in [-0.2, 0) is 11.3 Å². The van der Waals surface area contributed by atoms with Gasteiger partial charge in [0.05, 0.1) is 15.4 Å². The molecule has 5 nitrogen and oxygen atoms in total. The number of carbonyl (C=O) groups is 1. The van der Waals surface area contributed by atoms with Crippen molar-refractivity contribution in [2.24, 2.45) is 5.73 Å². The molecule has 0 aliphatic rings. The minimum absolute atomic E-state index is 0.0752. The molecule has 0 unspecified atom stereocenters. The summed E-state index contributed by atoms with van der Waals surface area (Å²) in [6.07, 6.45) is 0.722. The van der Waals surface area contributed by atoms with Crippen LogP contribution in [0.3, 0.4) is 0 Å². The Morgan fingerprint density at radius 2 is 2.04 bits per heavy atom. The summed E-state index contributed by atoms with van der Waals surface area (Å²) in [6, 6.07) is 5.30. The zero-order chi connectivity index (χ0) is 19.7. The van der Waals surface area contributed by atoms with Crippen LogP contribution in [0, 0.1) is 0 Å². The van der Waals surface area contributed by atoms with Crippen LogP contribution in [0.15, 0.2) is 28.4 Å². The highest BCUT2D eigenvalue weighted by molar-refractivity contribution is 7.17. The molecular weight excluding hydrogens is 405 g/mol. The Balaban J connectivity index is 2.17. The van der Waals surface area contributed by atoms with Crippen LogP contribution < -0.4 is 11.3 Å². The SMILES string of the molecule is CC(C)c1nc2scc(-c3ccc(Cl)c(Cl)c3)c2c(=O)n1CCCC(N)=O. The Bertz CT molecular complexity index is 1070. The van der Waals surface area contributed by atoms with Gasteiger partial charge >= 0.3 is 0 Å². The molecule has 0 aliphatic heterocycles. The highest BCUT2D eigenvalue weighted by atomic mass is 35.5. The van der Waals surface area contributed by atoms with E-state index in [4.69, 9.17) is 33.9 Å². The average molecular weight is 424 g/mol. The molecule has 0 atom stereocenters. The lowest BCUT2D eigenvalue weighted by molar-refractivity contribution is -0.118. The topological polar surface area (TPSA) is 78.0 Å². The van der Waals surface area contributed by atoms with Gasteiger partial charge in [0.1, 0.15) is 10.7 Å². The Hall–Kier alpha value is -1.89. The third-order valence-corrected chi connectivity index (χ3v) is 5.89. The summed E-state index contributed by atoms with van der Waals surface area (Å²) in [5.41, 5.74) is 6.71. The zero-order valence-corrected chi connectivity index (χ0v) is 17.3. The molecule has 2 aromatic heterocycles. The molecule has 0 aliphatic carbocycles. The van der Waals surface area contributed by atoms with Gasteiger partial charge < -0.3 is 5.73 Å². The van der Waals surface area contributed by atoms with Crippen molar-refractivity contribution < 1.29 is 4.79 Å². The lowest BCUT2D eigenvalue weighted by Gasteiger charge is -2.15. The summed E-state index contributed by atoms with van der Waals surface area (Å²) in [6.45, 7) is 4.38. The molecule has 3 aromatic rings. The molecule has 0 fully saturated rings. The van der Waals surface area contributed by atoms with E-state index >= 15 is 0 Å². The second kappa shape index (κ2) is 8.00. The predicted octanol–water partition coefficient (Wildman–Crippen LogP) is 4.82. The second-order valence-corrected chi connectivity index (χ2v) is 8.28. The van der Waals surface area contributed by atoms with Gasteiger partial charge in [0, 0.05) is 29.8 Å². The van der Waals surface area contributed by atoms with Gasteiger partial charge in [-0.1, -0.05) is 43.1 Å². The first-order valence-electron chi connectivity index (χ1n) is 8.55. The average Bonchev–Trinajstić information content (AvgIpc) is 3.03. The number of nitrogens with zero attached hydrogens (tertiary/aromatic N) is 2. The fourth-order valence-corrected chi connectivity index (χ4v) is 4.23. The minimum atomic E-state index is -0.379. The van der Waals surface area contributed by atoms with Crippen molar-refractivity contribution >= 4 is 50.7 Å². The van der Waals surface area contributed by atoms with Gasteiger partial charge in [-0.05, 0) is 24.1 Å².